The van der Waals surface area contributed by atoms with Crippen LogP contribution in [0.5, 0.6) is 5.75 Å². The van der Waals surface area contributed by atoms with Crippen molar-refractivity contribution in [2.24, 2.45) is 11.7 Å². The number of nitrogens with one attached hydrogen (secondary N) is 2. The Labute approximate surface area is 215 Å². The first-order chi connectivity index (χ1) is 17.4. The summed E-state index contributed by atoms with van der Waals surface area (Å²) in [4.78, 5) is 63.2. The van der Waals surface area contributed by atoms with Gasteiger partial charge in [-0.3, -0.25) is 19.2 Å². The Morgan fingerprint density at radius 1 is 1.11 bits per heavy atom. The van der Waals surface area contributed by atoms with Gasteiger partial charge in [0.15, 0.2) is 0 Å². The molecule has 0 bridgehead atoms. The number of carbonyl (C=O) groups excluding carboxylic acids is 3. The topological polar surface area (TPSA) is 199 Å². The highest BCUT2D eigenvalue weighted by Gasteiger charge is 2.38. The Bertz CT molecular complexity index is 983. The molecule has 12 heteroatoms. The predicted octanol–water partition coefficient (Wildman–Crippen LogP) is 0.218. The highest BCUT2D eigenvalue weighted by Crippen LogP contribution is 2.20. The van der Waals surface area contributed by atoms with E-state index in [2.05, 4.69) is 10.6 Å². The fourth-order valence-corrected chi connectivity index (χ4v) is 4.23. The number of benzene rings is 1. The number of phenolic OH excluding ortho intramolecular Hbond substituents is 1. The van der Waals surface area contributed by atoms with E-state index in [0.717, 1.165) is 5.56 Å². The molecule has 1 aromatic rings. The predicted molar refractivity (Wildman–Crippen MR) is 132 cm³/mol. The average Bonchev–Trinajstić information content (AvgIpc) is 3.35. The SMILES string of the molecule is CCC(C)C(NC(=O)C(CCC(=O)O)NC(=O)C1CCCN1C(=O)C(N)Cc1ccc(O)cc1)C(=O)O. The van der Waals surface area contributed by atoms with Crippen LogP contribution < -0.4 is 16.4 Å². The first kappa shape index (κ1) is 29.6. The summed E-state index contributed by atoms with van der Waals surface area (Å²) in [7, 11) is 0. The Balaban J connectivity index is 2.11. The summed E-state index contributed by atoms with van der Waals surface area (Å²) < 4.78 is 0. The molecule has 1 aliphatic heterocycles. The monoisotopic (exact) mass is 520 g/mol. The van der Waals surface area contributed by atoms with Crippen LogP contribution in [0.25, 0.3) is 0 Å². The van der Waals surface area contributed by atoms with Gasteiger partial charge < -0.3 is 36.6 Å². The first-order valence-electron chi connectivity index (χ1n) is 12.3. The summed E-state index contributed by atoms with van der Waals surface area (Å²) in [5.74, 6) is -4.61. The molecule has 3 amide bonds. The fourth-order valence-electron chi connectivity index (χ4n) is 4.23. The standard InChI is InChI=1S/C25H36N4O8/c1-3-14(2)21(25(36)37)28-22(33)18(10-11-20(31)32)27-23(34)19-5-4-12-29(19)24(35)17(26)13-15-6-8-16(30)9-7-15/h6-9,14,17-19,21,30H,3-5,10-13,26H2,1-2H3,(H,27,34)(H,28,33)(H,31,32)(H,36,37). The largest absolute Gasteiger partial charge is 0.508 e. The molecule has 5 atom stereocenters. The second kappa shape index (κ2) is 13.6. The van der Waals surface area contributed by atoms with E-state index in [9.17, 15) is 34.2 Å². The van der Waals surface area contributed by atoms with Crippen LogP contribution in [-0.2, 0) is 30.4 Å². The van der Waals surface area contributed by atoms with Crippen molar-refractivity contribution in [2.45, 2.75) is 76.5 Å². The number of nitrogens with zero attached hydrogens (tertiary/aromatic N) is 1. The van der Waals surface area contributed by atoms with Crippen molar-refractivity contribution in [1.29, 1.82) is 0 Å². The third-order valence-electron chi connectivity index (χ3n) is 6.60. The van der Waals surface area contributed by atoms with Crippen LogP contribution in [0.1, 0.15) is 51.5 Å². The van der Waals surface area contributed by atoms with Crippen molar-refractivity contribution in [3.8, 4) is 5.75 Å². The summed E-state index contributed by atoms with van der Waals surface area (Å²) in [5.41, 5.74) is 6.85. The van der Waals surface area contributed by atoms with E-state index in [1.165, 1.54) is 17.0 Å². The van der Waals surface area contributed by atoms with Gasteiger partial charge in [-0.2, -0.15) is 0 Å². The third-order valence-corrected chi connectivity index (χ3v) is 6.60. The van der Waals surface area contributed by atoms with Crippen LogP contribution in [-0.4, -0.2) is 80.6 Å². The van der Waals surface area contributed by atoms with Gasteiger partial charge in [-0.25, -0.2) is 4.79 Å². The molecule has 1 aromatic carbocycles. The highest BCUT2D eigenvalue weighted by molar-refractivity contribution is 5.94. The van der Waals surface area contributed by atoms with Crippen molar-refractivity contribution in [1.82, 2.24) is 15.5 Å². The van der Waals surface area contributed by atoms with Gasteiger partial charge in [0.05, 0.1) is 6.04 Å². The third kappa shape index (κ3) is 8.45. The number of carboxylic acids is 2. The summed E-state index contributed by atoms with van der Waals surface area (Å²) in [6.45, 7) is 3.73. The van der Waals surface area contributed by atoms with Crippen molar-refractivity contribution in [3.63, 3.8) is 0 Å². The minimum Gasteiger partial charge on any atom is -0.508 e. The molecular formula is C25H36N4O8. The molecule has 5 unspecified atom stereocenters. The lowest BCUT2D eigenvalue weighted by Gasteiger charge is -2.29. The average molecular weight is 521 g/mol. The van der Waals surface area contributed by atoms with Crippen LogP contribution in [0.3, 0.4) is 0 Å². The molecule has 37 heavy (non-hydrogen) atoms. The Kier molecular flexibility index (Phi) is 10.9. The molecule has 0 aromatic heterocycles. The number of amides is 3. The van der Waals surface area contributed by atoms with Gasteiger partial charge >= 0.3 is 11.9 Å². The first-order valence-corrected chi connectivity index (χ1v) is 12.3. The number of carbonyl (C=O) groups is 5. The molecule has 1 fully saturated rings. The molecule has 2 rings (SSSR count). The minimum atomic E-state index is -1.29. The quantitative estimate of drug-likeness (QED) is 0.210. The lowest BCUT2D eigenvalue weighted by Crippen LogP contribution is -2.57. The molecule has 1 saturated heterocycles. The van der Waals surface area contributed by atoms with Crippen LogP contribution in [0, 0.1) is 5.92 Å². The Morgan fingerprint density at radius 3 is 2.32 bits per heavy atom. The number of nitrogens with two attached hydrogens (primary N) is 1. The van der Waals surface area contributed by atoms with Gasteiger partial charge in [-0.15, -0.1) is 0 Å². The molecule has 204 valence electrons. The molecular weight excluding hydrogens is 484 g/mol. The van der Waals surface area contributed by atoms with Gasteiger partial charge in [0.1, 0.15) is 23.9 Å². The molecule has 1 heterocycles. The molecule has 7 N–H and O–H groups in total. The lowest BCUT2D eigenvalue weighted by atomic mass is 9.98. The van der Waals surface area contributed by atoms with Crippen LogP contribution >= 0.6 is 0 Å². The number of aromatic hydroxyl groups is 1. The second-order valence-corrected chi connectivity index (χ2v) is 9.37. The van der Waals surface area contributed by atoms with Crippen LogP contribution in [0.15, 0.2) is 24.3 Å². The smallest absolute Gasteiger partial charge is 0.326 e. The van der Waals surface area contributed by atoms with Gasteiger partial charge in [-0.1, -0.05) is 32.4 Å². The zero-order chi connectivity index (χ0) is 27.7. The van der Waals surface area contributed by atoms with Crippen molar-refractivity contribution in [2.75, 3.05) is 6.54 Å². The number of carboxylic acid groups (broad SMARTS) is 2. The van der Waals surface area contributed by atoms with Crippen LogP contribution in [0.4, 0.5) is 0 Å². The maximum Gasteiger partial charge on any atom is 0.326 e. The maximum atomic E-state index is 13.1. The lowest BCUT2D eigenvalue weighted by molar-refractivity contribution is -0.145. The number of hydrogen-bond acceptors (Lipinski definition) is 7. The second-order valence-electron chi connectivity index (χ2n) is 9.37. The number of hydrogen-bond donors (Lipinski definition) is 6. The van der Waals surface area contributed by atoms with Crippen LogP contribution in [0.2, 0.25) is 0 Å². The van der Waals surface area contributed by atoms with Gasteiger partial charge in [-0.05, 0) is 49.3 Å². The highest BCUT2D eigenvalue weighted by atomic mass is 16.4. The Hall–Kier alpha value is -3.67. The minimum absolute atomic E-state index is 0.0836. The summed E-state index contributed by atoms with van der Waals surface area (Å²) in [5, 5.41) is 32.9. The zero-order valence-electron chi connectivity index (χ0n) is 21.1. The molecule has 0 aliphatic carbocycles. The van der Waals surface area contributed by atoms with E-state index < -0.39 is 66.2 Å². The van der Waals surface area contributed by atoms with Crippen molar-refractivity contribution in [3.05, 3.63) is 29.8 Å². The molecule has 0 saturated carbocycles. The van der Waals surface area contributed by atoms with Gasteiger partial charge in [0, 0.05) is 13.0 Å². The van der Waals surface area contributed by atoms with Gasteiger partial charge in [0.25, 0.3) is 0 Å². The summed E-state index contributed by atoms with van der Waals surface area (Å²) in [6.07, 6.45) is 0.871. The van der Waals surface area contributed by atoms with E-state index in [1.54, 1.807) is 26.0 Å². The number of aliphatic carboxylic acids is 2. The maximum absolute atomic E-state index is 13.1. The van der Waals surface area contributed by atoms with Crippen molar-refractivity contribution < 1.29 is 39.3 Å². The van der Waals surface area contributed by atoms with E-state index in [-0.39, 0.29) is 18.6 Å². The normalized spacial score (nSPS) is 18.4. The fraction of sp³-hybridized carbons (Fsp3) is 0.560. The number of likely N-dealkylation sites (tertiary alicyclic amines) is 1. The Morgan fingerprint density at radius 2 is 1.76 bits per heavy atom. The summed E-state index contributed by atoms with van der Waals surface area (Å²) >= 11 is 0. The number of phenols is 1. The van der Waals surface area contributed by atoms with Gasteiger partial charge in [0.2, 0.25) is 17.7 Å². The summed E-state index contributed by atoms with van der Waals surface area (Å²) in [6, 6.07) is 1.92. The van der Waals surface area contributed by atoms with E-state index in [1.807, 2.05) is 0 Å². The van der Waals surface area contributed by atoms with Crippen molar-refractivity contribution >= 4 is 29.7 Å². The molecule has 12 nitrogen and oxygen atoms in total. The zero-order valence-corrected chi connectivity index (χ0v) is 21.1. The molecule has 0 radical (unpaired) electrons. The van der Waals surface area contributed by atoms with E-state index >= 15 is 0 Å². The van der Waals surface area contributed by atoms with E-state index in [4.69, 9.17) is 10.8 Å². The number of rotatable bonds is 13. The van der Waals surface area contributed by atoms with E-state index in [0.29, 0.717) is 25.8 Å². The molecule has 1 aliphatic rings. The molecule has 0 spiro atoms.